The number of nitrogen functional groups attached to an aromatic ring is 1. The highest BCUT2D eigenvalue weighted by molar-refractivity contribution is 7.98. The van der Waals surface area contributed by atoms with Crippen LogP contribution in [-0.2, 0) is 5.75 Å². The Hall–Kier alpha value is -2.68. The third-order valence-corrected chi connectivity index (χ3v) is 4.30. The Morgan fingerprint density at radius 2 is 2.04 bits per heavy atom. The molecule has 0 spiro atoms. The van der Waals surface area contributed by atoms with E-state index in [-0.39, 0.29) is 0 Å². The zero-order chi connectivity index (χ0) is 17.1. The van der Waals surface area contributed by atoms with Gasteiger partial charge in [-0.25, -0.2) is 4.68 Å². The van der Waals surface area contributed by atoms with Crippen LogP contribution in [0.4, 0.5) is 0 Å². The van der Waals surface area contributed by atoms with Crippen LogP contribution in [0.2, 0.25) is 0 Å². The maximum Gasteiger partial charge on any atom is 0.210 e. The van der Waals surface area contributed by atoms with Crippen molar-refractivity contribution < 1.29 is 14.0 Å². The van der Waals surface area contributed by atoms with Crippen molar-refractivity contribution in [3.63, 3.8) is 0 Å². The molecule has 0 aliphatic heterocycles. The van der Waals surface area contributed by atoms with E-state index in [9.17, 15) is 0 Å². The van der Waals surface area contributed by atoms with Crippen molar-refractivity contribution in [1.82, 2.24) is 20.0 Å². The molecule has 0 radical (unpaired) electrons. The second-order valence-electron chi connectivity index (χ2n) is 4.97. The van der Waals surface area contributed by atoms with Crippen molar-refractivity contribution in [2.24, 2.45) is 0 Å². The van der Waals surface area contributed by atoms with E-state index < -0.39 is 0 Å². The highest BCUT2D eigenvalue weighted by Crippen LogP contribution is 2.33. The van der Waals surface area contributed by atoms with Gasteiger partial charge in [-0.3, -0.25) is 0 Å². The smallest absolute Gasteiger partial charge is 0.210 e. The van der Waals surface area contributed by atoms with Crippen molar-refractivity contribution >= 4 is 11.8 Å². The maximum absolute atomic E-state index is 6.14. The molecule has 0 amide bonds. The van der Waals surface area contributed by atoms with Gasteiger partial charge in [0.1, 0.15) is 17.3 Å². The van der Waals surface area contributed by atoms with Crippen molar-refractivity contribution in [3.05, 3.63) is 35.7 Å². The number of hydrogen-bond acceptors (Lipinski definition) is 8. The van der Waals surface area contributed by atoms with Gasteiger partial charge in [-0.15, -0.1) is 10.2 Å². The van der Waals surface area contributed by atoms with Crippen LogP contribution in [0, 0.1) is 6.92 Å². The molecular weight excluding hydrogens is 330 g/mol. The number of methoxy groups -OCH3 is 2. The van der Waals surface area contributed by atoms with Crippen LogP contribution >= 0.6 is 11.8 Å². The number of benzene rings is 1. The van der Waals surface area contributed by atoms with Crippen molar-refractivity contribution in [1.29, 1.82) is 0 Å². The zero-order valence-corrected chi connectivity index (χ0v) is 14.3. The van der Waals surface area contributed by atoms with Crippen molar-refractivity contribution in [3.8, 4) is 22.9 Å². The number of thioether (sulfide) groups is 1. The molecule has 1 aromatic carbocycles. The summed E-state index contributed by atoms with van der Waals surface area (Å²) in [5.74, 6) is 9.26. The van der Waals surface area contributed by atoms with Crippen molar-refractivity contribution in [2.75, 3.05) is 20.1 Å². The van der Waals surface area contributed by atoms with Crippen LogP contribution in [0.25, 0.3) is 11.4 Å². The Morgan fingerprint density at radius 3 is 2.71 bits per heavy atom. The van der Waals surface area contributed by atoms with Gasteiger partial charge < -0.3 is 19.8 Å². The minimum absolute atomic E-state index is 0.505. The number of aryl methyl sites for hydroxylation is 1. The summed E-state index contributed by atoms with van der Waals surface area (Å²) in [5, 5.41) is 12.7. The summed E-state index contributed by atoms with van der Waals surface area (Å²) in [6.07, 6.45) is 0. The van der Waals surface area contributed by atoms with Gasteiger partial charge in [-0.2, -0.15) is 0 Å². The molecule has 0 saturated heterocycles. The van der Waals surface area contributed by atoms with E-state index in [1.807, 2.05) is 25.1 Å². The summed E-state index contributed by atoms with van der Waals surface area (Å²) in [7, 11) is 3.18. The Labute approximate surface area is 142 Å². The highest BCUT2D eigenvalue weighted by atomic mass is 32.2. The lowest BCUT2D eigenvalue weighted by Gasteiger charge is -2.09. The topological polar surface area (TPSA) is 101 Å². The van der Waals surface area contributed by atoms with Crippen LogP contribution < -0.4 is 15.3 Å². The van der Waals surface area contributed by atoms with E-state index in [0.29, 0.717) is 28.2 Å². The molecule has 0 aliphatic carbocycles. The Balaban J connectivity index is 1.84. The van der Waals surface area contributed by atoms with E-state index in [1.54, 1.807) is 20.3 Å². The van der Waals surface area contributed by atoms with E-state index in [0.717, 1.165) is 17.0 Å². The summed E-state index contributed by atoms with van der Waals surface area (Å²) in [6.45, 7) is 1.87. The first-order chi connectivity index (χ1) is 11.6. The van der Waals surface area contributed by atoms with Gasteiger partial charge in [0.05, 0.1) is 31.2 Å². The summed E-state index contributed by atoms with van der Waals surface area (Å²) in [5.41, 5.74) is 1.57. The predicted octanol–water partition coefficient (Wildman–Crippen LogP) is 2.26. The van der Waals surface area contributed by atoms with Gasteiger partial charge in [0.2, 0.25) is 5.16 Å². The number of ether oxygens (including phenoxy) is 2. The fourth-order valence-electron chi connectivity index (χ4n) is 2.16. The average Bonchev–Trinajstić information content (AvgIpc) is 3.18. The fourth-order valence-corrected chi connectivity index (χ4v) is 2.89. The lowest BCUT2D eigenvalue weighted by atomic mass is 10.2. The number of rotatable bonds is 6. The van der Waals surface area contributed by atoms with Gasteiger partial charge in [0, 0.05) is 12.1 Å². The lowest BCUT2D eigenvalue weighted by Crippen LogP contribution is -2.12. The van der Waals surface area contributed by atoms with Gasteiger partial charge in [-0.05, 0) is 19.1 Å². The van der Waals surface area contributed by atoms with E-state index in [4.69, 9.17) is 19.8 Å². The van der Waals surface area contributed by atoms with Crippen LogP contribution in [0.1, 0.15) is 11.5 Å². The first-order valence-corrected chi connectivity index (χ1v) is 8.09. The van der Waals surface area contributed by atoms with Gasteiger partial charge in [0.25, 0.3) is 0 Å². The summed E-state index contributed by atoms with van der Waals surface area (Å²) in [4.78, 5) is 0. The Morgan fingerprint density at radius 1 is 1.21 bits per heavy atom. The lowest BCUT2D eigenvalue weighted by molar-refractivity contribution is 0.391. The number of nitrogens with two attached hydrogens (primary N) is 1. The molecule has 0 bridgehead atoms. The van der Waals surface area contributed by atoms with E-state index in [1.165, 1.54) is 16.4 Å². The molecule has 0 atom stereocenters. The van der Waals surface area contributed by atoms with Gasteiger partial charge in [0.15, 0.2) is 5.82 Å². The third-order valence-electron chi connectivity index (χ3n) is 3.33. The predicted molar refractivity (Wildman–Crippen MR) is 89.5 cm³/mol. The average molecular weight is 347 g/mol. The fraction of sp³-hybridized carbons (Fsp3) is 0.267. The van der Waals surface area contributed by atoms with E-state index >= 15 is 0 Å². The maximum atomic E-state index is 6.14. The minimum Gasteiger partial charge on any atom is -0.497 e. The van der Waals surface area contributed by atoms with Crippen LogP contribution in [0.3, 0.4) is 0 Å². The van der Waals surface area contributed by atoms with E-state index in [2.05, 4.69) is 15.4 Å². The normalized spacial score (nSPS) is 10.8. The Bertz CT molecular complexity index is 846. The molecule has 3 aromatic rings. The number of nitrogens with zero attached hydrogens (tertiary/aromatic N) is 4. The molecule has 2 heterocycles. The quantitative estimate of drug-likeness (QED) is 0.535. The number of hydrogen-bond donors (Lipinski definition) is 1. The number of aromatic nitrogens is 4. The largest absolute Gasteiger partial charge is 0.497 e. The Kier molecular flexibility index (Phi) is 4.61. The van der Waals surface area contributed by atoms with Crippen LogP contribution in [0.5, 0.6) is 11.5 Å². The molecule has 0 saturated carbocycles. The standard InChI is InChI=1S/C15H17N5O3S/c1-9-6-11(23-19-9)8-24-15-18-17-14(20(15)16)12-5-4-10(21-2)7-13(12)22-3/h4-7H,8,16H2,1-3H3. The first-order valence-electron chi connectivity index (χ1n) is 7.10. The molecule has 0 unspecified atom stereocenters. The first kappa shape index (κ1) is 16.2. The highest BCUT2D eigenvalue weighted by Gasteiger charge is 2.17. The summed E-state index contributed by atoms with van der Waals surface area (Å²) >= 11 is 1.42. The summed E-state index contributed by atoms with van der Waals surface area (Å²) < 4.78 is 17.2. The molecule has 0 aliphatic rings. The molecule has 2 aromatic heterocycles. The molecule has 9 heteroatoms. The zero-order valence-electron chi connectivity index (χ0n) is 13.5. The van der Waals surface area contributed by atoms with Crippen molar-refractivity contribution in [2.45, 2.75) is 17.8 Å². The molecule has 3 rings (SSSR count). The summed E-state index contributed by atoms with van der Waals surface area (Å²) in [6, 6.07) is 7.29. The van der Waals surface area contributed by atoms with Gasteiger partial charge in [-0.1, -0.05) is 16.9 Å². The SMILES string of the molecule is COc1ccc(-c2nnc(SCc3cc(C)no3)n2N)c(OC)c1. The molecular formula is C15H17N5O3S. The molecule has 0 fully saturated rings. The monoisotopic (exact) mass is 347 g/mol. The second kappa shape index (κ2) is 6.83. The molecule has 8 nitrogen and oxygen atoms in total. The van der Waals surface area contributed by atoms with Crippen LogP contribution in [0.15, 0.2) is 33.9 Å². The van der Waals surface area contributed by atoms with Gasteiger partial charge >= 0.3 is 0 Å². The second-order valence-corrected chi connectivity index (χ2v) is 5.91. The molecule has 126 valence electrons. The third kappa shape index (κ3) is 3.16. The minimum atomic E-state index is 0.505. The molecule has 24 heavy (non-hydrogen) atoms. The van der Waals surface area contributed by atoms with Crippen LogP contribution in [-0.4, -0.2) is 34.2 Å². The molecule has 2 N–H and O–H groups in total.